The molecule has 3 aromatic carbocycles. The number of likely N-dealkylation sites (tertiary alicyclic amines) is 1. The summed E-state index contributed by atoms with van der Waals surface area (Å²) in [6.45, 7) is 3.09. The Hall–Kier alpha value is -3.27. The third-order valence-corrected chi connectivity index (χ3v) is 9.16. The molecule has 10 heteroatoms. The summed E-state index contributed by atoms with van der Waals surface area (Å²) >= 11 is 6.84. The number of likely N-dealkylation sites (N-methyl/N-ethyl adjacent to an activating group) is 1. The summed E-state index contributed by atoms with van der Waals surface area (Å²) in [7, 11) is 1.87. The van der Waals surface area contributed by atoms with E-state index in [-0.39, 0.29) is 40.5 Å². The number of fused-ring (bicyclic) bond motifs is 4. The lowest BCUT2D eigenvalue weighted by atomic mass is 9.96. The molecule has 4 atom stereocenters. The normalized spacial score (nSPS) is 24.8. The van der Waals surface area contributed by atoms with Gasteiger partial charge in [-0.05, 0) is 73.3 Å². The molecule has 0 aliphatic carbocycles. The number of alkyl halides is 1. The Kier molecular flexibility index (Phi) is 6.84. The fourth-order valence-electron chi connectivity index (χ4n) is 6.74. The van der Waals surface area contributed by atoms with Crippen LogP contribution in [0.25, 0.3) is 32.8 Å². The molecule has 0 saturated carbocycles. The summed E-state index contributed by atoms with van der Waals surface area (Å²) in [6.07, 6.45) is 1.57. The maximum absolute atomic E-state index is 16.7. The highest BCUT2D eigenvalue weighted by atomic mass is 35.5. The van der Waals surface area contributed by atoms with E-state index in [1.807, 2.05) is 36.2 Å². The van der Waals surface area contributed by atoms with E-state index in [2.05, 4.69) is 15.2 Å². The molecule has 0 amide bonds. The Balaban J connectivity index is 1.37. The summed E-state index contributed by atoms with van der Waals surface area (Å²) in [5, 5.41) is 16.3. The van der Waals surface area contributed by atoms with E-state index < -0.39 is 12.0 Å². The smallest absolute Gasteiger partial charge is 0.319 e. The fraction of sp³-hybridized carbons (Fsp3) is 0.419. The summed E-state index contributed by atoms with van der Waals surface area (Å²) in [5.74, 6) is 0.593. The number of hydrogen-bond donors (Lipinski definition) is 2. The molecule has 0 radical (unpaired) electrons. The minimum Gasteiger partial charge on any atom is -0.508 e. The van der Waals surface area contributed by atoms with Gasteiger partial charge in [0.15, 0.2) is 5.82 Å². The van der Waals surface area contributed by atoms with Gasteiger partial charge in [-0.2, -0.15) is 9.97 Å². The first-order chi connectivity index (χ1) is 19.8. The van der Waals surface area contributed by atoms with Crippen molar-refractivity contribution in [3.05, 3.63) is 53.3 Å². The van der Waals surface area contributed by atoms with Crippen LogP contribution in [0.2, 0.25) is 5.02 Å². The Bertz CT molecular complexity index is 1640. The maximum Gasteiger partial charge on any atom is 0.319 e. The Morgan fingerprint density at radius 1 is 1.12 bits per heavy atom. The number of halogens is 3. The van der Waals surface area contributed by atoms with Gasteiger partial charge in [-0.25, -0.2) is 8.78 Å². The number of benzene rings is 3. The van der Waals surface area contributed by atoms with E-state index in [0.717, 1.165) is 43.2 Å². The van der Waals surface area contributed by atoms with Crippen LogP contribution in [0, 0.1) is 11.7 Å². The van der Waals surface area contributed by atoms with Crippen molar-refractivity contribution in [3.8, 4) is 22.9 Å². The first-order valence-corrected chi connectivity index (χ1v) is 14.6. The van der Waals surface area contributed by atoms with Crippen molar-refractivity contribution in [1.82, 2.24) is 20.2 Å². The molecule has 214 valence electrons. The van der Waals surface area contributed by atoms with Gasteiger partial charge in [0, 0.05) is 42.7 Å². The molecule has 3 fully saturated rings. The minimum atomic E-state index is -0.902. The van der Waals surface area contributed by atoms with Crippen LogP contribution in [0.4, 0.5) is 14.6 Å². The number of rotatable bonds is 5. The van der Waals surface area contributed by atoms with Crippen molar-refractivity contribution in [3.63, 3.8) is 0 Å². The average Bonchev–Trinajstić information content (AvgIpc) is 3.45. The molecule has 2 bridgehead atoms. The van der Waals surface area contributed by atoms with E-state index in [9.17, 15) is 9.50 Å². The second kappa shape index (κ2) is 10.5. The number of phenols is 1. The zero-order chi connectivity index (χ0) is 28.2. The summed E-state index contributed by atoms with van der Waals surface area (Å²) in [6, 6.07) is 12.6. The standard InChI is InChI=1S/C31H32ClF2N5O2/c1-38-14-19(33)10-21(38)16-41-31-36-29-25(30(37-31)39-7-6-17-8-20(15-39)35-13-17)12-26(32)27(28(29)34)24-11-22(40)9-18-4-2-3-5-23(18)24/h2-5,9,11-12,17,19-21,35,40H,6-8,10,13-16H2,1H3/t17?,19-,20?,21+/m1/s1. The number of hydrogen-bond acceptors (Lipinski definition) is 7. The van der Waals surface area contributed by atoms with Crippen LogP contribution in [0.15, 0.2) is 42.5 Å². The monoisotopic (exact) mass is 579 g/mol. The van der Waals surface area contributed by atoms with Crippen LogP contribution in [0.3, 0.4) is 0 Å². The van der Waals surface area contributed by atoms with Gasteiger partial charge < -0.3 is 20.1 Å². The van der Waals surface area contributed by atoms with Crippen LogP contribution in [-0.4, -0.2) is 78.1 Å². The third kappa shape index (κ3) is 4.94. The molecular weight excluding hydrogens is 548 g/mol. The highest BCUT2D eigenvalue weighted by molar-refractivity contribution is 6.35. The second-order valence-electron chi connectivity index (χ2n) is 11.7. The Morgan fingerprint density at radius 3 is 2.80 bits per heavy atom. The van der Waals surface area contributed by atoms with Gasteiger partial charge in [0.25, 0.3) is 0 Å². The fourth-order valence-corrected chi connectivity index (χ4v) is 7.03. The van der Waals surface area contributed by atoms with Crippen molar-refractivity contribution in [2.45, 2.75) is 37.5 Å². The van der Waals surface area contributed by atoms with Gasteiger partial charge in [0.1, 0.15) is 29.9 Å². The molecule has 0 spiro atoms. The highest BCUT2D eigenvalue weighted by Gasteiger charge is 2.33. The number of aromatic hydroxyl groups is 1. The molecule has 7 rings (SSSR count). The number of ether oxygens (including phenoxy) is 1. The predicted octanol–water partition coefficient (Wildman–Crippen LogP) is 5.56. The van der Waals surface area contributed by atoms with Crippen LogP contribution in [-0.2, 0) is 0 Å². The molecule has 7 nitrogen and oxygen atoms in total. The molecular formula is C31H32ClF2N5O2. The number of anilines is 1. The SMILES string of the molecule is CN1C[C@H](F)C[C@H]1COc1nc(N2CCC3CNC(C3)C2)c2cc(Cl)c(-c3cc(O)cc4ccccc34)c(F)c2n1. The minimum absolute atomic E-state index is 0.0145. The number of nitrogens with one attached hydrogen (secondary N) is 1. The van der Waals surface area contributed by atoms with Crippen molar-refractivity contribution < 1.29 is 18.6 Å². The van der Waals surface area contributed by atoms with Crippen molar-refractivity contribution >= 4 is 39.1 Å². The molecule has 3 saturated heterocycles. The summed E-state index contributed by atoms with van der Waals surface area (Å²) < 4.78 is 36.7. The van der Waals surface area contributed by atoms with E-state index >= 15 is 4.39 Å². The Labute approximate surface area is 242 Å². The van der Waals surface area contributed by atoms with Crippen molar-refractivity contribution in [2.75, 3.05) is 44.7 Å². The zero-order valence-corrected chi connectivity index (χ0v) is 23.5. The second-order valence-corrected chi connectivity index (χ2v) is 12.1. The number of nitrogens with zero attached hydrogens (tertiary/aromatic N) is 4. The van der Waals surface area contributed by atoms with E-state index in [1.165, 1.54) is 6.07 Å². The molecule has 1 aromatic heterocycles. The van der Waals surface area contributed by atoms with Crippen LogP contribution < -0.4 is 15.0 Å². The molecule has 2 N–H and O–H groups in total. The predicted molar refractivity (Wildman–Crippen MR) is 157 cm³/mol. The molecule has 4 aromatic rings. The summed E-state index contributed by atoms with van der Waals surface area (Å²) in [5.41, 5.74) is 0.738. The first-order valence-electron chi connectivity index (χ1n) is 14.2. The van der Waals surface area contributed by atoms with Crippen LogP contribution in [0.1, 0.15) is 19.3 Å². The van der Waals surface area contributed by atoms with Gasteiger partial charge in [-0.1, -0.05) is 35.9 Å². The largest absolute Gasteiger partial charge is 0.508 e. The van der Waals surface area contributed by atoms with Gasteiger partial charge in [-0.3, -0.25) is 4.90 Å². The highest BCUT2D eigenvalue weighted by Crippen LogP contribution is 2.43. The van der Waals surface area contributed by atoms with Gasteiger partial charge >= 0.3 is 6.01 Å². The van der Waals surface area contributed by atoms with E-state index in [1.54, 1.807) is 12.1 Å². The lowest BCUT2D eigenvalue weighted by Gasteiger charge is -2.28. The van der Waals surface area contributed by atoms with Crippen molar-refractivity contribution in [1.29, 1.82) is 0 Å². The van der Waals surface area contributed by atoms with E-state index in [4.69, 9.17) is 21.3 Å². The molecule has 3 aliphatic heterocycles. The zero-order valence-electron chi connectivity index (χ0n) is 22.8. The summed E-state index contributed by atoms with van der Waals surface area (Å²) in [4.78, 5) is 13.4. The molecule has 41 heavy (non-hydrogen) atoms. The molecule has 2 unspecified atom stereocenters. The van der Waals surface area contributed by atoms with E-state index in [0.29, 0.717) is 41.7 Å². The quantitative estimate of drug-likeness (QED) is 0.321. The number of phenolic OH excluding ortho intramolecular Hbond substituents is 1. The maximum atomic E-state index is 16.7. The van der Waals surface area contributed by atoms with Crippen molar-refractivity contribution in [2.24, 2.45) is 5.92 Å². The van der Waals surface area contributed by atoms with Gasteiger partial charge in [-0.15, -0.1) is 0 Å². The number of aromatic nitrogens is 2. The Morgan fingerprint density at radius 2 is 1.98 bits per heavy atom. The lowest BCUT2D eigenvalue weighted by Crippen LogP contribution is -2.39. The van der Waals surface area contributed by atoms with Crippen LogP contribution in [0.5, 0.6) is 11.8 Å². The lowest BCUT2D eigenvalue weighted by molar-refractivity contribution is 0.188. The first kappa shape index (κ1) is 26.6. The average molecular weight is 580 g/mol. The molecule has 4 heterocycles. The van der Waals surface area contributed by atoms with Gasteiger partial charge in [0.05, 0.1) is 5.02 Å². The topological polar surface area (TPSA) is 73.8 Å². The van der Waals surface area contributed by atoms with Crippen LogP contribution >= 0.6 is 11.6 Å². The van der Waals surface area contributed by atoms with Gasteiger partial charge in [0.2, 0.25) is 0 Å². The third-order valence-electron chi connectivity index (χ3n) is 8.86. The molecule has 3 aliphatic rings.